The second-order valence-corrected chi connectivity index (χ2v) is 7.07. The lowest BCUT2D eigenvalue weighted by Gasteiger charge is -2.45. The van der Waals surface area contributed by atoms with E-state index in [-0.39, 0.29) is 11.2 Å². The van der Waals surface area contributed by atoms with Crippen molar-refractivity contribution >= 4 is 11.4 Å². The summed E-state index contributed by atoms with van der Waals surface area (Å²) in [5.74, 6) is 0.455. The molecule has 0 heterocycles. The van der Waals surface area contributed by atoms with Gasteiger partial charge in [0.2, 0.25) is 0 Å². The first-order valence-corrected chi connectivity index (χ1v) is 8.37. The van der Waals surface area contributed by atoms with Gasteiger partial charge >= 0.3 is 0 Å². The number of benzene rings is 1. The molecule has 1 nitrogen and oxygen atoms in total. The van der Waals surface area contributed by atoms with Gasteiger partial charge in [-0.25, -0.2) is 0 Å². The first-order valence-electron chi connectivity index (χ1n) is 8.37. The molecule has 1 fully saturated rings. The Morgan fingerprint density at radius 1 is 1.30 bits per heavy atom. The Morgan fingerprint density at radius 3 is 2.52 bits per heavy atom. The summed E-state index contributed by atoms with van der Waals surface area (Å²) in [5.41, 5.74) is 5.92. The number of carbonyl (C=O) groups excluding carboxylic acids is 1. The highest BCUT2D eigenvalue weighted by Gasteiger charge is 2.48. The van der Waals surface area contributed by atoms with E-state index in [4.69, 9.17) is 0 Å². The Bertz CT molecular complexity index is 741. The molecule has 0 radical (unpaired) electrons. The number of hydrogen-bond acceptors (Lipinski definition) is 1. The Labute approximate surface area is 139 Å². The average Bonchev–Trinajstić information content (AvgIpc) is 2.87. The molecule has 0 aromatic heterocycles. The molecule has 0 aliphatic heterocycles. The van der Waals surface area contributed by atoms with Gasteiger partial charge in [-0.1, -0.05) is 63.8 Å². The topological polar surface area (TPSA) is 17.1 Å². The molecule has 0 amide bonds. The third-order valence-electron chi connectivity index (χ3n) is 5.12. The number of carbonyl (C=O) groups is 1. The molecule has 1 unspecified atom stereocenters. The van der Waals surface area contributed by atoms with Crippen LogP contribution >= 0.6 is 0 Å². The van der Waals surface area contributed by atoms with Gasteiger partial charge in [0.25, 0.3) is 0 Å². The summed E-state index contributed by atoms with van der Waals surface area (Å²) < 4.78 is 0. The Morgan fingerprint density at radius 2 is 2.00 bits per heavy atom. The molecule has 0 spiro atoms. The maximum absolute atomic E-state index is 12.8. The van der Waals surface area contributed by atoms with Gasteiger partial charge in [0, 0.05) is 11.5 Å². The third-order valence-corrected chi connectivity index (χ3v) is 5.12. The van der Waals surface area contributed by atoms with Crippen molar-refractivity contribution in [2.75, 3.05) is 0 Å². The van der Waals surface area contributed by atoms with E-state index in [1.807, 2.05) is 30.4 Å². The molecule has 1 atom stereocenters. The van der Waals surface area contributed by atoms with E-state index in [9.17, 15) is 4.79 Å². The highest BCUT2D eigenvalue weighted by molar-refractivity contribution is 6.10. The molecule has 1 aromatic rings. The van der Waals surface area contributed by atoms with Crippen LogP contribution in [0, 0.1) is 11.3 Å². The molecular weight excluding hydrogens is 280 g/mol. The molecule has 0 saturated heterocycles. The van der Waals surface area contributed by atoms with Crippen molar-refractivity contribution in [3.8, 4) is 0 Å². The summed E-state index contributed by atoms with van der Waals surface area (Å²) in [6, 6.07) is 10.2. The summed E-state index contributed by atoms with van der Waals surface area (Å²) in [4.78, 5) is 12.8. The van der Waals surface area contributed by atoms with Crippen molar-refractivity contribution in [2.45, 2.75) is 33.6 Å². The predicted octanol–water partition coefficient (Wildman–Crippen LogP) is 5.52. The van der Waals surface area contributed by atoms with Gasteiger partial charge in [-0.2, -0.15) is 0 Å². The number of allylic oxidation sites excluding steroid dienone is 7. The molecule has 1 aromatic carbocycles. The largest absolute Gasteiger partial charge is 0.290 e. The monoisotopic (exact) mass is 304 g/mol. The third kappa shape index (κ3) is 2.65. The van der Waals surface area contributed by atoms with Crippen molar-refractivity contribution in [3.05, 3.63) is 77.4 Å². The van der Waals surface area contributed by atoms with Crippen LogP contribution in [0.3, 0.4) is 0 Å². The minimum atomic E-state index is 0.153. The van der Waals surface area contributed by atoms with Crippen LogP contribution in [-0.2, 0) is 4.79 Å². The fraction of sp³-hybridized carbons (Fsp3) is 0.318. The van der Waals surface area contributed by atoms with Crippen LogP contribution in [0.25, 0.3) is 5.57 Å². The summed E-state index contributed by atoms with van der Waals surface area (Å²) in [5, 5.41) is 0. The number of fused-ring (bicyclic) bond motifs is 1. The van der Waals surface area contributed by atoms with Crippen LogP contribution in [0.1, 0.15) is 39.2 Å². The summed E-state index contributed by atoms with van der Waals surface area (Å²) in [7, 11) is 0. The van der Waals surface area contributed by atoms with E-state index in [1.54, 1.807) is 0 Å². The van der Waals surface area contributed by atoms with E-state index < -0.39 is 0 Å². The standard InChI is InChI=1S/C22H24O/c1-5-15(17-10-8-7-9-11-17)13-20(23)18-12-16(6-2)21-19(18)14-22(21,3)4/h6-13,19H,2,5,14H2,1,3-4H3/b15-13+. The second-order valence-electron chi connectivity index (χ2n) is 7.07. The lowest BCUT2D eigenvalue weighted by Crippen LogP contribution is -2.36. The van der Waals surface area contributed by atoms with Crippen molar-refractivity contribution in [1.82, 2.24) is 0 Å². The van der Waals surface area contributed by atoms with Crippen LogP contribution < -0.4 is 0 Å². The van der Waals surface area contributed by atoms with Crippen LogP contribution in [0.2, 0.25) is 0 Å². The maximum Gasteiger partial charge on any atom is 0.182 e. The van der Waals surface area contributed by atoms with E-state index in [0.717, 1.165) is 35.1 Å². The van der Waals surface area contributed by atoms with Crippen molar-refractivity contribution < 1.29 is 4.79 Å². The molecule has 0 N–H and O–H groups in total. The zero-order valence-corrected chi connectivity index (χ0v) is 14.2. The molecule has 1 saturated carbocycles. The van der Waals surface area contributed by atoms with E-state index in [2.05, 4.69) is 45.6 Å². The van der Waals surface area contributed by atoms with E-state index in [1.165, 1.54) is 5.57 Å². The van der Waals surface area contributed by atoms with Gasteiger partial charge < -0.3 is 0 Å². The normalized spacial score (nSPS) is 22.3. The Kier molecular flexibility index (Phi) is 3.97. The van der Waals surface area contributed by atoms with Crippen molar-refractivity contribution in [3.63, 3.8) is 0 Å². The lowest BCUT2D eigenvalue weighted by atomic mass is 9.58. The first-order chi connectivity index (χ1) is 11.0. The molecule has 0 bridgehead atoms. The fourth-order valence-electron chi connectivity index (χ4n) is 3.96. The Balaban J connectivity index is 1.88. The summed E-state index contributed by atoms with van der Waals surface area (Å²) in [6.45, 7) is 10.5. The fourth-order valence-corrected chi connectivity index (χ4v) is 3.96. The first kappa shape index (κ1) is 15.7. The van der Waals surface area contributed by atoms with Crippen LogP contribution in [0.15, 0.2) is 71.9 Å². The van der Waals surface area contributed by atoms with Crippen LogP contribution in [0.5, 0.6) is 0 Å². The second kappa shape index (κ2) is 5.81. The van der Waals surface area contributed by atoms with Gasteiger partial charge in [-0.05, 0) is 52.7 Å². The zero-order chi connectivity index (χ0) is 16.6. The van der Waals surface area contributed by atoms with Gasteiger partial charge in [-0.3, -0.25) is 4.79 Å². The predicted molar refractivity (Wildman–Crippen MR) is 96.9 cm³/mol. The molecule has 2 aliphatic rings. The molecule has 23 heavy (non-hydrogen) atoms. The Hall–Kier alpha value is -2.15. The lowest BCUT2D eigenvalue weighted by molar-refractivity contribution is -0.112. The van der Waals surface area contributed by atoms with Crippen molar-refractivity contribution in [1.29, 1.82) is 0 Å². The maximum atomic E-state index is 12.8. The van der Waals surface area contributed by atoms with E-state index >= 15 is 0 Å². The van der Waals surface area contributed by atoms with Gasteiger partial charge in [0.05, 0.1) is 0 Å². The minimum Gasteiger partial charge on any atom is -0.290 e. The zero-order valence-electron chi connectivity index (χ0n) is 14.2. The SMILES string of the molecule is C=CC1=C2C(CC2(C)C)C(C(=O)/C=C(\CC)c2ccccc2)=C1. The number of ketones is 1. The molecule has 118 valence electrons. The molecule has 3 rings (SSSR count). The van der Waals surface area contributed by atoms with Gasteiger partial charge in [-0.15, -0.1) is 0 Å². The smallest absolute Gasteiger partial charge is 0.182 e. The van der Waals surface area contributed by atoms with E-state index in [0.29, 0.717) is 5.92 Å². The quantitative estimate of drug-likeness (QED) is 0.655. The average molecular weight is 304 g/mol. The number of rotatable bonds is 5. The highest BCUT2D eigenvalue weighted by Crippen LogP contribution is 2.58. The molecule has 2 aliphatic carbocycles. The van der Waals surface area contributed by atoms with Crippen LogP contribution in [-0.4, -0.2) is 5.78 Å². The van der Waals surface area contributed by atoms with Crippen LogP contribution in [0.4, 0.5) is 0 Å². The minimum absolute atomic E-state index is 0.153. The highest BCUT2D eigenvalue weighted by atomic mass is 16.1. The van der Waals surface area contributed by atoms with Gasteiger partial charge in [0.15, 0.2) is 5.78 Å². The van der Waals surface area contributed by atoms with Crippen molar-refractivity contribution in [2.24, 2.45) is 11.3 Å². The number of hydrogen-bond donors (Lipinski definition) is 0. The van der Waals surface area contributed by atoms with Gasteiger partial charge in [0.1, 0.15) is 0 Å². The summed E-state index contributed by atoms with van der Waals surface area (Å²) >= 11 is 0. The molecule has 1 heteroatoms. The molecular formula is C22H24O. The summed E-state index contributed by atoms with van der Waals surface area (Å²) in [6.07, 6.45) is 7.69.